The van der Waals surface area contributed by atoms with Gasteiger partial charge in [-0.15, -0.1) is 0 Å². The van der Waals surface area contributed by atoms with E-state index in [0.29, 0.717) is 6.54 Å². The Kier molecular flexibility index (Phi) is 4.77. The van der Waals surface area contributed by atoms with Gasteiger partial charge in [0.15, 0.2) is 0 Å². The van der Waals surface area contributed by atoms with E-state index in [-0.39, 0.29) is 5.56 Å². The van der Waals surface area contributed by atoms with Crippen LogP contribution in [0.25, 0.3) is 16.8 Å². The number of hydrogen-bond acceptors (Lipinski definition) is 3. The van der Waals surface area contributed by atoms with Gasteiger partial charge in [0.05, 0.1) is 23.2 Å². The maximum absolute atomic E-state index is 11.1. The monoisotopic (exact) mass is 368 g/mol. The fraction of sp³-hybridized carbons (Fsp3) is 0.0833. The van der Waals surface area contributed by atoms with E-state index >= 15 is 0 Å². The molecule has 0 aromatic heterocycles. The number of carbonyl (C=O) groups is 1. The van der Waals surface area contributed by atoms with Crippen LogP contribution in [0.15, 0.2) is 89.4 Å². The molecule has 1 aliphatic heterocycles. The SMILES string of the molecule is C/C=C1\CN=c2ccc(-c3ccc(C(=O)O)cc3)cc2=C1Nc1ccccc1. The number of carboxylic acid groups (broad SMARTS) is 1. The summed E-state index contributed by atoms with van der Waals surface area (Å²) in [6, 6.07) is 23.2. The van der Waals surface area contributed by atoms with Gasteiger partial charge in [0.2, 0.25) is 0 Å². The lowest BCUT2D eigenvalue weighted by atomic mass is 9.99. The van der Waals surface area contributed by atoms with Crippen LogP contribution < -0.4 is 15.9 Å². The molecular formula is C24H20N2O2. The zero-order valence-electron chi connectivity index (χ0n) is 15.5. The first-order valence-corrected chi connectivity index (χ1v) is 9.16. The molecule has 0 saturated heterocycles. The minimum atomic E-state index is -0.920. The number of allylic oxidation sites excluding steroid dienone is 1. The Bertz CT molecular complexity index is 1180. The highest BCUT2D eigenvalue weighted by molar-refractivity contribution is 5.88. The van der Waals surface area contributed by atoms with Crippen molar-refractivity contribution in [3.8, 4) is 11.1 Å². The molecule has 0 radical (unpaired) electrons. The molecule has 2 N–H and O–H groups in total. The van der Waals surface area contributed by atoms with Crippen molar-refractivity contribution in [2.75, 3.05) is 11.9 Å². The lowest BCUT2D eigenvalue weighted by Crippen LogP contribution is -2.34. The van der Waals surface area contributed by atoms with Gasteiger partial charge in [-0.3, -0.25) is 4.99 Å². The minimum Gasteiger partial charge on any atom is -0.478 e. The normalized spacial score (nSPS) is 14.3. The number of rotatable bonds is 4. The molecule has 4 heteroatoms. The van der Waals surface area contributed by atoms with Crippen molar-refractivity contribution in [1.29, 1.82) is 0 Å². The number of carboxylic acids is 1. The average Bonchev–Trinajstić information content (AvgIpc) is 2.74. The summed E-state index contributed by atoms with van der Waals surface area (Å²) in [6.45, 7) is 2.67. The number of fused-ring (bicyclic) bond motifs is 1. The van der Waals surface area contributed by atoms with E-state index in [1.807, 2.05) is 61.5 Å². The molecule has 138 valence electrons. The van der Waals surface area contributed by atoms with Crippen LogP contribution in [-0.4, -0.2) is 17.6 Å². The van der Waals surface area contributed by atoms with Crippen molar-refractivity contribution in [2.45, 2.75) is 6.92 Å². The number of aromatic carboxylic acids is 1. The van der Waals surface area contributed by atoms with Crippen LogP contribution in [-0.2, 0) is 0 Å². The fourth-order valence-electron chi connectivity index (χ4n) is 3.33. The van der Waals surface area contributed by atoms with E-state index in [0.717, 1.165) is 38.7 Å². The molecule has 4 nitrogen and oxygen atoms in total. The summed E-state index contributed by atoms with van der Waals surface area (Å²) in [6.07, 6.45) is 2.09. The Morgan fingerprint density at radius 2 is 1.71 bits per heavy atom. The van der Waals surface area contributed by atoms with Crippen LogP contribution in [0.2, 0.25) is 0 Å². The van der Waals surface area contributed by atoms with E-state index in [4.69, 9.17) is 10.1 Å². The topological polar surface area (TPSA) is 61.7 Å². The fourth-order valence-corrected chi connectivity index (χ4v) is 3.33. The number of hydrogen-bond donors (Lipinski definition) is 2. The minimum absolute atomic E-state index is 0.283. The van der Waals surface area contributed by atoms with Crippen molar-refractivity contribution in [3.05, 3.63) is 101 Å². The highest BCUT2D eigenvalue weighted by Crippen LogP contribution is 2.20. The molecular weight excluding hydrogens is 348 g/mol. The second-order valence-corrected chi connectivity index (χ2v) is 6.61. The smallest absolute Gasteiger partial charge is 0.335 e. The summed E-state index contributed by atoms with van der Waals surface area (Å²) < 4.78 is 0. The van der Waals surface area contributed by atoms with Crippen molar-refractivity contribution in [2.24, 2.45) is 4.99 Å². The number of para-hydroxylation sites is 1. The molecule has 0 fully saturated rings. The molecule has 0 saturated carbocycles. The first kappa shape index (κ1) is 17.7. The van der Waals surface area contributed by atoms with Crippen molar-refractivity contribution in [3.63, 3.8) is 0 Å². The maximum Gasteiger partial charge on any atom is 0.335 e. The van der Waals surface area contributed by atoms with Gasteiger partial charge in [-0.1, -0.05) is 42.5 Å². The van der Waals surface area contributed by atoms with Crippen molar-refractivity contribution >= 4 is 17.4 Å². The van der Waals surface area contributed by atoms with Crippen LogP contribution in [0, 0.1) is 0 Å². The molecule has 0 atom stereocenters. The summed E-state index contributed by atoms with van der Waals surface area (Å²) in [5, 5.41) is 14.7. The van der Waals surface area contributed by atoms with Gasteiger partial charge in [0.25, 0.3) is 0 Å². The molecule has 3 aromatic rings. The third-order valence-electron chi connectivity index (χ3n) is 4.86. The van der Waals surface area contributed by atoms with Gasteiger partial charge in [0, 0.05) is 10.9 Å². The Balaban J connectivity index is 1.85. The van der Waals surface area contributed by atoms with Gasteiger partial charge in [-0.25, -0.2) is 4.79 Å². The van der Waals surface area contributed by atoms with Crippen molar-refractivity contribution < 1.29 is 9.90 Å². The van der Waals surface area contributed by atoms with E-state index in [2.05, 4.69) is 17.5 Å². The Morgan fingerprint density at radius 3 is 2.39 bits per heavy atom. The molecule has 28 heavy (non-hydrogen) atoms. The standard InChI is InChI=1S/C24H20N2O2/c1-2-16-15-25-22-13-12-19(17-8-10-18(11-9-17)24(27)28)14-21(22)23(16)26-20-6-4-3-5-7-20/h2-14,26H,15H2,1H3,(H,27,28)/b16-2+. The van der Waals surface area contributed by atoms with Gasteiger partial charge in [0.1, 0.15) is 0 Å². The zero-order chi connectivity index (χ0) is 19.5. The summed E-state index contributed by atoms with van der Waals surface area (Å²) >= 11 is 0. The zero-order valence-corrected chi connectivity index (χ0v) is 15.5. The third-order valence-corrected chi connectivity index (χ3v) is 4.86. The predicted molar refractivity (Wildman–Crippen MR) is 112 cm³/mol. The largest absolute Gasteiger partial charge is 0.478 e. The molecule has 0 spiro atoms. The van der Waals surface area contributed by atoms with Gasteiger partial charge >= 0.3 is 5.97 Å². The molecule has 1 heterocycles. The van der Waals surface area contributed by atoms with E-state index in [1.54, 1.807) is 12.1 Å². The summed E-state index contributed by atoms with van der Waals surface area (Å²) in [7, 11) is 0. The van der Waals surface area contributed by atoms with Crippen LogP contribution >= 0.6 is 0 Å². The van der Waals surface area contributed by atoms with E-state index in [9.17, 15) is 4.79 Å². The summed E-state index contributed by atoms with van der Waals surface area (Å²) in [5.41, 5.74) is 5.51. The second kappa shape index (κ2) is 7.53. The Labute approximate surface area is 163 Å². The molecule has 0 bridgehead atoms. The molecule has 4 rings (SSSR count). The van der Waals surface area contributed by atoms with Crippen molar-refractivity contribution in [1.82, 2.24) is 0 Å². The summed E-state index contributed by atoms with van der Waals surface area (Å²) in [5.74, 6) is -0.920. The summed E-state index contributed by atoms with van der Waals surface area (Å²) in [4.78, 5) is 15.8. The quantitative estimate of drug-likeness (QED) is 0.735. The highest BCUT2D eigenvalue weighted by Gasteiger charge is 2.12. The molecule has 3 aromatic carbocycles. The predicted octanol–water partition coefficient (Wildman–Crippen LogP) is 3.85. The Morgan fingerprint density at radius 1 is 1.00 bits per heavy atom. The van der Waals surface area contributed by atoms with Gasteiger partial charge < -0.3 is 10.4 Å². The second-order valence-electron chi connectivity index (χ2n) is 6.61. The van der Waals surface area contributed by atoms with Gasteiger partial charge in [-0.2, -0.15) is 0 Å². The highest BCUT2D eigenvalue weighted by atomic mass is 16.4. The maximum atomic E-state index is 11.1. The average molecular weight is 368 g/mol. The van der Waals surface area contributed by atoms with Crippen LogP contribution in [0.5, 0.6) is 0 Å². The molecule has 1 aliphatic rings. The number of anilines is 1. The lowest BCUT2D eigenvalue weighted by Gasteiger charge is -2.17. The molecule has 0 aliphatic carbocycles. The van der Waals surface area contributed by atoms with Crippen LogP contribution in [0.1, 0.15) is 17.3 Å². The molecule has 0 amide bonds. The Hall–Kier alpha value is -3.66. The number of benzene rings is 3. The number of nitrogens with zero attached hydrogens (tertiary/aromatic N) is 1. The van der Waals surface area contributed by atoms with E-state index < -0.39 is 5.97 Å². The third kappa shape index (κ3) is 3.45. The molecule has 0 unspecified atom stereocenters. The number of nitrogens with one attached hydrogen (secondary N) is 1. The lowest BCUT2D eigenvalue weighted by molar-refractivity contribution is 0.0697. The van der Waals surface area contributed by atoms with Gasteiger partial charge in [-0.05, 0) is 60.0 Å². The first-order chi connectivity index (χ1) is 13.7. The van der Waals surface area contributed by atoms with Crippen LogP contribution in [0.4, 0.5) is 5.69 Å². The van der Waals surface area contributed by atoms with E-state index in [1.165, 1.54) is 0 Å². The first-order valence-electron chi connectivity index (χ1n) is 9.16. The van der Waals surface area contributed by atoms with Crippen LogP contribution in [0.3, 0.4) is 0 Å².